The minimum absolute atomic E-state index is 0. The van der Waals surface area contributed by atoms with Crippen molar-refractivity contribution >= 4 is 34.6 Å². The molecule has 1 aliphatic rings. The Bertz CT molecular complexity index is 1100. The standard InChI is InChI=1S/C25H26ClN3O2S.CH4/c1-2-29-11-9-21-23(16-29)32-22(13-20(30)12-17-5-7-19(26)8-6-17)24(21)25(31)28-15-18-4-3-10-27-14-18;/h3-8,10,14H,2,9,11-13,15-16H2,1H3,(H,28,31);1H4. The van der Waals surface area contributed by atoms with Crippen LogP contribution in [0.5, 0.6) is 0 Å². The van der Waals surface area contributed by atoms with E-state index in [1.165, 1.54) is 4.88 Å². The molecule has 0 aliphatic carbocycles. The zero-order chi connectivity index (χ0) is 22.5. The summed E-state index contributed by atoms with van der Waals surface area (Å²) in [6.45, 7) is 5.31. The van der Waals surface area contributed by atoms with Crippen LogP contribution < -0.4 is 5.32 Å². The Morgan fingerprint density at radius 3 is 2.64 bits per heavy atom. The Hall–Kier alpha value is -2.54. The molecule has 3 heterocycles. The van der Waals surface area contributed by atoms with Crippen molar-refractivity contribution in [2.75, 3.05) is 13.1 Å². The highest BCUT2D eigenvalue weighted by Gasteiger charge is 2.28. The summed E-state index contributed by atoms with van der Waals surface area (Å²) in [5, 5.41) is 3.69. The predicted molar refractivity (Wildman–Crippen MR) is 135 cm³/mol. The van der Waals surface area contributed by atoms with Gasteiger partial charge in [-0.05, 0) is 47.9 Å². The van der Waals surface area contributed by atoms with Crippen LogP contribution >= 0.6 is 22.9 Å². The molecule has 0 bridgehead atoms. The van der Waals surface area contributed by atoms with Crippen molar-refractivity contribution < 1.29 is 9.59 Å². The van der Waals surface area contributed by atoms with Gasteiger partial charge in [0.1, 0.15) is 5.78 Å². The summed E-state index contributed by atoms with van der Waals surface area (Å²) in [5.41, 5.74) is 3.69. The fraction of sp³-hybridized carbons (Fsp3) is 0.346. The van der Waals surface area contributed by atoms with Crippen LogP contribution in [0.15, 0.2) is 48.8 Å². The average Bonchev–Trinajstić information content (AvgIpc) is 3.16. The molecule has 4 rings (SSSR count). The van der Waals surface area contributed by atoms with Gasteiger partial charge in [0.15, 0.2) is 0 Å². The van der Waals surface area contributed by atoms with Gasteiger partial charge in [-0.25, -0.2) is 0 Å². The SMILES string of the molecule is C.CCN1CCc2c(sc(CC(=O)Cc3ccc(Cl)cc3)c2C(=O)NCc2cccnc2)C1. The molecule has 0 radical (unpaired) electrons. The van der Waals surface area contributed by atoms with Gasteiger partial charge in [0.2, 0.25) is 0 Å². The van der Waals surface area contributed by atoms with E-state index in [1.54, 1.807) is 35.9 Å². The number of amides is 1. The van der Waals surface area contributed by atoms with Crippen molar-refractivity contribution in [3.63, 3.8) is 0 Å². The lowest BCUT2D eigenvalue weighted by atomic mass is 9.98. The topological polar surface area (TPSA) is 62.3 Å². The first kappa shape index (κ1) is 25.1. The normalized spacial score (nSPS) is 13.2. The molecule has 0 spiro atoms. The smallest absolute Gasteiger partial charge is 0.252 e. The van der Waals surface area contributed by atoms with Crippen molar-refractivity contribution in [3.8, 4) is 0 Å². The van der Waals surface area contributed by atoms with E-state index in [-0.39, 0.29) is 25.5 Å². The molecule has 1 aromatic carbocycles. The Morgan fingerprint density at radius 2 is 1.94 bits per heavy atom. The maximum atomic E-state index is 13.2. The number of Topliss-reactive ketones (excluding diaryl/α,β-unsaturated/α-hetero) is 1. The van der Waals surface area contributed by atoms with Gasteiger partial charge in [-0.2, -0.15) is 0 Å². The molecule has 3 aromatic rings. The molecular formula is C26H30ClN3O2S. The second kappa shape index (κ2) is 11.5. The predicted octanol–water partition coefficient (Wildman–Crippen LogP) is 5.09. The number of carbonyl (C=O) groups is 2. The van der Waals surface area contributed by atoms with Crippen LogP contribution in [0.25, 0.3) is 0 Å². The molecule has 7 heteroatoms. The number of aromatic nitrogens is 1. The molecule has 0 saturated heterocycles. The largest absolute Gasteiger partial charge is 0.348 e. The highest BCUT2D eigenvalue weighted by Crippen LogP contribution is 2.34. The minimum Gasteiger partial charge on any atom is -0.348 e. The number of ketones is 1. The lowest BCUT2D eigenvalue weighted by Crippen LogP contribution is -2.31. The minimum atomic E-state index is -0.106. The van der Waals surface area contributed by atoms with Gasteiger partial charge in [0.25, 0.3) is 5.91 Å². The number of nitrogens with zero attached hydrogens (tertiary/aromatic N) is 2. The van der Waals surface area contributed by atoms with Crippen molar-refractivity contribution in [2.24, 2.45) is 0 Å². The number of likely N-dealkylation sites (N-methyl/N-ethyl adjacent to an activating group) is 1. The average molecular weight is 484 g/mol. The Morgan fingerprint density at radius 1 is 1.15 bits per heavy atom. The van der Waals surface area contributed by atoms with E-state index >= 15 is 0 Å². The molecule has 2 aromatic heterocycles. The number of halogens is 1. The number of pyridine rings is 1. The van der Waals surface area contributed by atoms with E-state index in [2.05, 4.69) is 22.1 Å². The second-order valence-electron chi connectivity index (χ2n) is 7.98. The van der Waals surface area contributed by atoms with Gasteiger partial charge in [0, 0.05) is 59.6 Å². The van der Waals surface area contributed by atoms with Gasteiger partial charge < -0.3 is 5.32 Å². The van der Waals surface area contributed by atoms with Crippen LogP contribution in [-0.4, -0.2) is 34.7 Å². The lowest BCUT2D eigenvalue weighted by Gasteiger charge is -2.25. The van der Waals surface area contributed by atoms with E-state index in [4.69, 9.17) is 11.6 Å². The maximum absolute atomic E-state index is 13.2. The van der Waals surface area contributed by atoms with Crippen LogP contribution in [0.3, 0.4) is 0 Å². The summed E-state index contributed by atoms with van der Waals surface area (Å²) in [6, 6.07) is 11.1. The first-order valence-electron chi connectivity index (χ1n) is 10.8. The van der Waals surface area contributed by atoms with Crippen LogP contribution in [0.1, 0.15) is 51.2 Å². The summed E-state index contributed by atoms with van der Waals surface area (Å²) in [7, 11) is 0. The summed E-state index contributed by atoms with van der Waals surface area (Å²) in [5.74, 6) is -0.00910. The van der Waals surface area contributed by atoms with Gasteiger partial charge in [-0.1, -0.05) is 44.2 Å². The zero-order valence-electron chi connectivity index (χ0n) is 18.1. The van der Waals surface area contributed by atoms with Crippen molar-refractivity contribution in [1.29, 1.82) is 0 Å². The molecule has 1 N–H and O–H groups in total. The lowest BCUT2D eigenvalue weighted by molar-refractivity contribution is -0.117. The summed E-state index contributed by atoms with van der Waals surface area (Å²) in [6.07, 6.45) is 4.89. The van der Waals surface area contributed by atoms with Crippen LogP contribution in [0.2, 0.25) is 5.02 Å². The monoisotopic (exact) mass is 483 g/mol. The molecule has 0 atom stereocenters. The van der Waals surface area contributed by atoms with Crippen molar-refractivity contribution in [3.05, 3.63) is 85.8 Å². The zero-order valence-corrected chi connectivity index (χ0v) is 19.6. The van der Waals surface area contributed by atoms with E-state index < -0.39 is 0 Å². The third-order valence-electron chi connectivity index (χ3n) is 5.73. The number of thiophene rings is 1. The van der Waals surface area contributed by atoms with Crippen molar-refractivity contribution in [1.82, 2.24) is 15.2 Å². The number of fused-ring (bicyclic) bond motifs is 1. The molecule has 174 valence electrons. The Kier molecular flexibility index (Phi) is 8.78. The number of nitrogens with one attached hydrogen (secondary N) is 1. The van der Waals surface area contributed by atoms with E-state index in [1.807, 2.05) is 24.3 Å². The first-order chi connectivity index (χ1) is 15.5. The van der Waals surface area contributed by atoms with Gasteiger partial charge in [0.05, 0.1) is 5.56 Å². The van der Waals surface area contributed by atoms with E-state index in [9.17, 15) is 9.59 Å². The third kappa shape index (κ3) is 6.28. The molecule has 1 amide bonds. The fourth-order valence-corrected chi connectivity index (χ4v) is 5.57. The molecule has 5 nitrogen and oxygen atoms in total. The Labute approximate surface area is 204 Å². The number of hydrogen-bond donors (Lipinski definition) is 1. The summed E-state index contributed by atoms with van der Waals surface area (Å²) < 4.78 is 0. The van der Waals surface area contributed by atoms with Crippen LogP contribution in [0.4, 0.5) is 0 Å². The molecule has 1 aliphatic heterocycles. The second-order valence-corrected chi connectivity index (χ2v) is 9.61. The number of hydrogen-bond acceptors (Lipinski definition) is 5. The van der Waals surface area contributed by atoms with Gasteiger partial charge in [-0.3, -0.25) is 19.5 Å². The molecule has 0 saturated carbocycles. The molecule has 33 heavy (non-hydrogen) atoms. The first-order valence-corrected chi connectivity index (χ1v) is 12.0. The Balaban J connectivity index is 0.00000306. The molecule has 0 fully saturated rings. The van der Waals surface area contributed by atoms with E-state index in [0.717, 1.165) is 47.6 Å². The summed E-state index contributed by atoms with van der Waals surface area (Å²) >= 11 is 7.57. The number of benzene rings is 1. The fourth-order valence-electron chi connectivity index (χ4n) is 4.02. The molecule has 0 unspecified atom stereocenters. The van der Waals surface area contributed by atoms with Crippen molar-refractivity contribution in [2.45, 2.75) is 46.7 Å². The van der Waals surface area contributed by atoms with Crippen LogP contribution in [-0.2, 0) is 37.1 Å². The highest BCUT2D eigenvalue weighted by atomic mass is 35.5. The maximum Gasteiger partial charge on any atom is 0.252 e. The van der Waals surface area contributed by atoms with Gasteiger partial charge >= 0.3 is 0 Å². The van der Waals surface area contributed by atoms with Crippen LogP contribution in [0, 0.1) is 0 Å². The van der Waals surface area contributed by atoms with E-state index in [0.29, 0.717) is 23.6 Å². The summed E-state index contributed by atoms with van der Waals surface area (Å²) in [4.78, 5) is 34.7. The van der Waals surface area contributed by atoms with Gasteiger partial charge in [-0.15, -0.1) is 11.3 Å². The highest BCUT2D eigenvalue weighted by molar-refractivity contribution is 7.12. The number of carbonyl (C=O) groups excluding carboxylic acids is 2. The quantitative estimate of drug-likeness (QED) is 0.484. The third-order valence-corrected chi connectivity index (χ3v) is 7.20. The number of rotatable bonds is 8. The molecular weight excluding hydrogens is 454 g/mol.